The van der Waals surface area contributed by atoms with Crippen molar-refractivity contribution >= 4 is 21.4 Å². The highest BCUT2D eigenvalue weighted by Crippen LogP contribution is 2.24. The van der Waals surface area contributed by atoms with E-state index in [1.165, 1.54) is 0 Å². The molecule has 0 aromatic heterocycles. The Morgan fingerprint density at radius 1 is 1.22 bits per heavy atom. The second-order valence-electron chi connectivity index (χ2n) is 6.09. The maximum Gasteiger partial charge on any atom is 0.182 e. The van der Waals surface area contributed by atoms with Gasteiger partial charge in [0, 0.05) is 24.7 Å². The monoisotopic (exact) mass is 358 g/mol. The Hall–Kier alpha value is -0.620. The van der Waals surface area contributed by atoms with Crippen LogP contribution in [0.4, 0.5) is 0 Å². The van der Waals surface area contributed by atoms with Gasteiger partial charge in [0.25, 0.3) is 0 Å². The highest BCUT2D eigenvalue weighted by Gasteiger charge is 2.31. The zero-order valence-corrected chi connectivity index (χ0v) is 15.6. The van der Waals surface area contributed by atoms with Gasteiger partial charge in [0.1, 0.15) is 0 Å². The SMILES string of the molecule is CCN(CC)CCN1CCCC(S(=O)(=O)c2ccc(Cl)cc2)C1. The van der Waals surface area contributed by atoms with Crippen molar-refractivity contribution in [2.45, 2.75) is 36.8 Å². The number of likely N-dealkylation sites (tertiary alicyclic amines) is 1. The second kappa shape index (κ2) is 8.47. The van der Waals surface area contributed by atoms with E-state index >= 15 is 0 Å². The summed E-state index contributed by atoms with van der Waals surface area (Å²) in [6.07, 6.45) is 1.68. The Morgan fingerprint density at radius 3 is 2.48 bits per heavy atom. The van der Waals surface area contributed by atoms with E-state index in [1.807, 2.05) is 0 Å². The second-order valence-corrected chi connectivity index (χ2v) is 8.76. The van der Waals surface area contributed by atoms with Crippen LogP contribution in [0.3, 0.4) is 0 Å². The number of piperidine rings is 1. The predicted molar refractivity (Wildman–Crippen MR) is 95.9 cm³/mol. The summed E-state index contributed by atoms with van der Waals surface area (Å²) in [5.74, 6) is 0. The molecule has 23 heavy (non-hydrogen) atoms. The molecule has 0 aliphatic carbocycles. The van der Waals surface area contributed by atoms with Crippen LogP contribution in [-0.2, 0) is 9.84 Å². The van der Waals surface area contributed by atoms with Crippen molar-refractivity contribution in [2.24, 2.45) is 0 Å². The van der Waals surface area contributed by atoms with Crippen molar-refractivity contribution in [3.8, 4) is 0 Å². The summed E-state index contributed by atoms with van der Waals surface area (Å²) in [5, 5.41) is 0.252. The zero-order chi connectivity index (χ0) is 16.9. The van der Waals surface area contributed by atoms with Crippen LogP contribution in [0.2, 0.25) is 5.02 Å². The molecule has 1 aromatic carbocycles. The third-order valence-corrected chi connectivity index (χ3v) is 7.11. The zero-order valence-electron chi connectivity index (χ0n) is 14.0. The van der Waals surface area contributed by atoms with Crippen molar-refractivity contribution < 1.29 is 8.42 Å². The summed E-state index contributed by atoms with van der Waals surface area (Å²) in [5.41, 5.74) is 0. The molecule has 1 unspecified atom stereocenters. The van der Waals surface area contributed by atoms with E-state index in [2.05, 4.69) is 23.6 Å². The fourth-order valence-corrected chi connectivity index (χ4v) is 5.02. The molecule has 0 radical (unpaired) electrons. The molecule has 0 N–H and O–H groups in total. The molecule has 130 valence electrons. The minimum Gasteiger partial charge on any atom is -0.303 e. The lowest BCUT2D eigenvalue weighted by Gasteiger charge is -2.33. The van der Waals surface area contributed by atoms with Gasteiger partial charge in [-0.2, -0.15) is 0 Å². The summed E-state index contributed by atoms with van der Waals surface area (Å²) in [6.45, 7) is 9.96. The standard InChI is InChI=1S/C17H27ClN2O2S/c1-3-19(4-2)12-13-20-11-5-6-17(14-20)23(21,22)16-9-7-15(18)8-10-16/h7-10,17H,3-6,11-14H2,1-2H3. The van der Waals surface area contributed by atoms with Crippen molar-refractivity contribution in [3.63, 3.8) is 0 Å². The topological polar surface area (TPSA) is 40.6 Å². The molecule has 0 saturated carbocycles. The lowest BCUT2D eigenvalue weighted by molar-refractivity contribution is 0.190. The van der Waals surface area contributed by atoms with Gasteiger partial charge in [-0.3, -0.25) is 0 Å². The molecule has 1 saturated heterocycles. The van der Waals surface area contributed by atoms with Crippen LogP contribution in [0.5, 0.6) is 0 Å². The van der Waals surface area contributed by atoms with Gasteiger partial charge in [-0.15, -0.1) is 0 Å². The molecule has 0 amide bonds. The van der Waals surface area contributed by atoms with E-state index in [0.29, 0.717) is 16.5 Å². The fraction of sp³-hybridized carbons (Fsp3) is 0.647. The molecule has 1 fully saturated rings. The summed E-state index contributed by atoms with van der Waals surface area (Å²) in [4.78, 5) is 5.05. The van der Waals surface area contributed by atoms with Gasteiger partial charge in [-0.1, -0.05) is 25.4 Å². The first-order chi connectivity index (χ1) is 11.0. The smallest absolute Gasteiger partial charge is 0.182 e. The lowest BCUT2D eigenvalue weighted by atomic mass is 10.1. The first kappa shape index (κ1) is 18.7. The van der Waals surface area contributed by atoms with Crippen LogP contribution in [0.15, 0.2) is 29.2 Å². The number of sulfone groups is 1. The normalized spacial score (nSPS) is 20.1. The van der Waals surface area contributed by atoms with Gasteiger partial charge in [-0.25, -0.2) is 8.42 Å². The number of rotatable bonds is 7. The lowest BCUT2D eigenvalue weighted by Crippen LogP contribution is -2.45. The average Bonchev–Trinajstić information content (AvgIpc) is 2.56. The molecule has 1 atom stereocenters. The van der Waals surface area contributed by atoms with E-state index in [4.69, 9.17) is 11.6 Å². The van der Waals surface area contributed by atoms with Crippen LogP contribution in [-0.4, -0.2) is 62.7 Å². The Morgan fingerprint density at radius 2 is 1.87 bits per heavy atom. The maximum absolute atomic E-state index is 12.8. The summed E-state index contributed by atoms with van der Waals surface area (Å²) in [7, 11) is -3.28. The Kier molecular flexibility index (Phi) is 6.89. The Labute approximate surface area is 145 Å². The van der Waals surface area contributed by atoms with Crippen molar-refractivity contribution in [2.75, 3.05) is 39.3 Å². The van der Waals surface area contributed by atoms with E-state index in [1.54, 1.807) is 24.3 Å². The van der Waals surface area contributed by atoms with Gasteiger partial charge < -0.3 is 9.80 Å². The molecule has 1 aliphatic heterocycles. The van der Waals surface area contributed by atoms with Gasteiger partial charge in [0.15, 0.2) is 9.84 Å². The number of nitrogens with zero attached hydrogens (tertiary/aromatic N) is 2. The molecular weight excluding hydrogens is 332 g/mol. The van der Waals surface area contributed by atoms with Crippen LogP contribution in [0.25, 0.3) is 0 Å². The molecule has 6 heteroatoms. The molecular formula is C17H27ClN2O2S. The molecule has 2 rings (SSSR count). The molecule has 0 bridgehead atoms. The van der Waals surface area contributed by atoms with E-state index in [9.17, 15) is 8.42 Å². The quantitative estimate of drug-likeness (QED) is 0.751. The molecule has 1 heterocycles. The molecule has 4 nitrogen and oxygen atoms in total. The van der Waals surface area contributed by atoms with E-state index in [-0.39, 0.29) is 5.25 Å². The summed E-state index contributed by atoms with van der Waals surface area (Å²) < 4.78 is 25.6. The highest BCUT2D eigenvalue weighted by atomic mass is 35.5. The molecule has 1 aliphatic rings. The molecule has 1 aromatic rings. The summed E-state index contributed by atoms with van der Waals surface area (Å²) >= 11 is 5.86. The summed E-state index contributed by atoms with van der Waals surface area (Å²) in [6, 6.07) is 6.53. The van der Waals surface area contributed by atoms with Crippen LogP contribution < -0.4 is 0 Å². The van der Waals surface area contributed by atoms with Crippen LogP contribution in [0, 0.1) is 0 Å². The predicted octanol–water partition coefficient (Wildman–Crippen LogP) is 2.92. The van der Waals surface area contributed by atoms with Gasteiger partial charge >= 0.3 is 0 Å². The van der Waals surface area contributed by atoms with E-state index in [0.717, 1.165) is 45.6 Å². The Balaban J connectivity index is 2.01. The van der Waals surface area contributed by atoms with Gasteiger partial charge in [0.2, 0.25) is 0 Å². The maximum atomic E-state index is 12.8. The van der Waals surface area contributed by atoms with Gasteiger partial charge in [0.05, 0.1) is 10.1 Å². The first-order valence-corrected chi connectivity index (χ1v) is 10.3. The van der Waals surface area contributed by atoms with Crippen molar-refractivity contribution in [1.29, 1.82) is 0 Å². The van der Waals surface area contributed by atoms with Crippen LogP contribution in [0.1, 0.15) is 26.7 Å². The first-order valence-electron chi connectivity index (χ1n) is 8.41. The third kappa shape index (κ3) is 4.92. The minimum atomic E-state index is -3.28. The number of benzene rings is 1. The minimum absolute atomic E-state index is 0.311. The number of likely N-dealkylation sites (N-methyl/N-ethyl adjacent to an activating group) is 1. The fourth-order valence-electron chi connectivity index (χ4n) is 3.11. The Bertz CT molecular complexity index is 585. The number of hydrogen-bond acceptors (Lipinski definition) is 4. The number of halogens is 1. The van der Waals surface area contributed by atoms with Crippen molar-refractivity contribution in [1.82, 2.24) is 9.80 Å². The molecule has 0 spiro atoms. The van der Waals surface area contributed by atoms with Crippen LogP contribution >= 0.6 is 11.6 Å². The van der Waals surface area contributed by atoms with E-state index < -0.39 is 9.84 Å². The average molecular weight is 359 g/mol. The van der Waals surface area contributed by atoms with Crippen molar-refractivity contribution in [3.05, 3.63) is 29.3 Å². The largest absolute Gasteiger partial charge is 0.303 e. The van der Waals surface area contributed by atoms with Gasteiger partial charge in [-0.05, 0) is 56.7 Å². The number of hydrogen-bond donors (Lipinski definition) is 0. The highest BCUT2D eigenvalue weighted by molar-refractivity contribution is 7.92. The third-order valence-electron chi connectivity index (χ3n) is 4.67.